The van der Waals surface area contributed by atoms with Gasteiger partial charge in [-0.05, 0) is 31.0 Å². The number of piperidine rings is 1. The van der Waals surface area contributed by atoms with E-state index in [4.69, 9.17) is 0 Å². The molecule has 1 fully saturated rings. The van der Waals surface area contributed by atoms with Crippen LogP contribution in [0.5, 0.6) is 0 Å². The number of anilines is 1. The number of aromatic amines is 1. The van der Waals surface area contributed by atoms with E-state index in [1.54, 1.807) is 24.4 Å². The summed E-state index contributed by atoms with van der Waals surface area (Å²) in [7, 11) is 0. The van der Waals surface area contributed by atoms with Crippen LogP contribution in [0, 0.1) is 10.1 Å². The summed E-state index contributed by atoms with van der Waals surface area (Å²) in [4.78, 5) is 29.6. The third-order valence-corrected chi connectivity index (χ3v) is 4.63. The van der Waals surface area contributed by atoms with Crippen molar-refractivity contribution in [2.45, 2.75) is 18.8 Å². The van der Waals surface area contributed by atoms with Crippen molar-refractivity contribution in [3.8, 4) is 0 Å². The van der Waals surface area contributed by atoms with E-state index in [0.717, 1.165) is 18.5 Å². The lowest BCUT2D eigenvalue weighted by molar-refractivity contribution is -0.385. The number of fused-ring (bicyclic) bond motifs is 1. The molecule has 1 aliphatic rings. The van der Waals surface area contributed by atoms with Crippen molar-refractivity contribution < 1.29 is 4.92 Å². The molecular formula is C16H16N6O3. The van der Waals surface area contributed by atoms with Gasteiger partial charge in [-0.15, -0.1) is 0 Å². The van der Waals surface area contributed by atoms with E-state index in [-0.39, 0.29) is 5.82 Å². The maximum atomic E-state index is 12.5. The smallest absolute Gasteiger partial charge is 0.351 e. The topological polar surface area (TPSA) is 109 Å². The predicted molar refractivity (Wildman–Crippen MR) is 90.9 cm³/mol. The molecule has 0 atom stereocenters. The quantitative estimate of drug-likeness (QED) is 0.574. The van der Waals surface area contributed by atoms with Crippen LogP contribution in [0.3, 0.4) is 0 Å². The second kappa shape index (κ2) is 6.00. The highest BCUT2D eigenvalue weighted by Crippen LogP contribution is 2.31. The Labute approximate surface area is 142 Å². The molecule has 9 heteroatoms. The van der Waals surface area contributed by atoms with Gasteiger partial charge < -0.3 is 4.90 Å². The predicted octanol–water partition coefficient (Wildman–Crippen LogP) is 1.71. The monoisotopic (exact) mass is 340 g/mol. The summed E-state index contributed by atoms with van der Waals surface area (Å²) in [6, 6.07) is 7.02. The SMILES string of the molecule is O=c1c([N+](=O)[O-])c(N2CCC(c3ccn[nH]3)CC2)nc2ccccn12. The Morgan fingerprint density at radius 1 is 1.24 bits per heavy atom. The van der Waals surface area contributed by atoms with E-state index in [9.17, 15) is 14.9 Å². The third-order valence-electron chi connectivity index (χ3n) is 4.63. The van der Waals surface area contributed by atoms with Gasteiger partial charge in [-0.1, -0.05) is 6.07 Å². The normalized spacial score (nSPS) is 15.6. The summed E-state index contributed by atoms with van der Waals surface area (Å²) in [5.74, 6) is 0.489. The number of hydrogen-bond acceptors (Lipinski definition) is 6. The van der Waals surface area contributed by atoms with Crippen LogP contribution in [0.1, 0.15) is 24.5 Å². The first-order valence-corrected chi connectivity index (χ1v) is 8.05. The van der Waals surface area contributed by atoms with Crippen molar-refractivity contribution >= 4 is 17.2 Å². The van der Waals surface area contributed by atoms with Crippen LogP contribution in [0.2, 0.25) is 0 Å². The van der Waals surface area contributed by atoms with E-state index >= 15 is 0 Å². The molecule has 3 aromatic rings. The fraction of sp³-hybridized carbons (Fsp3) is 0.312. The summed E-state index contributed by atoms with van der Waals surface area (Å²) in [6.07, 6.45) is 4.84. The van der Waals surface area contributed by atoms with Crippen LogP contribution in [0.25, 0.3) is 5.65 Å². The summed E-state index contributed by atoms with van der Waals surface area (Å²) in [5.41, 5.74) is 0.356. The zero-order valence-corrected chi connectivity index (χ0v) is 13.3. The molecule has 0 spiro atoms. The van der Waals surface area contributed by atoms with Crippen molar-refractivity contribution in [2.24, 2.45) is 0 Å². The Kier molecular flexibility index (Phi) is 3.68. The molecule has 4 heterocycles. The molecule has 0 aliphatic carbocycles. The van der Waals surface area contributed by atoms with Crippen LogP contribution in [0.4, 0.5) is 11.5 Å². The molecule has 9 nitrogen and oxygen atoms in total. The van der Waals surface area contributed by atoms with Crippen molar-refractivity contribution in [1.29, 1.82) is 0 Å². The van der Waals surface area contributed by atoms with E-state index < -0.39 is 16.2 Å². The highest BCUT2D eigenvalue weighted by molar-refractivity contribution is 5.61. The molecule has 0 bridgehead atoms. The molecule has 1 N–H and O–H groups in total. The zero-order valence-electron chi connectivity index (χ0n) is 13.3. The van der Waals surface area contributed by atoms with Gasteiger partial charge in [0.1, 0.15) is 5.65 Å². The number of pyridine rings is 1. The summed E-state index contributed by atoms with van der Waals surface area (Å²) in [6.45, 7) is 1.19. The Hall–Kier alpha value is -3.23. The van der Waals surface area contributed by atoms with Crippen LogP contribution >= 0.6 is 0 Å². The fourth-order valence-corrected chi connectivity index (χ4v) is 3.34. The second-order valence-electron chi connectivity index (χ2n) is 6.05. The van der Waals surface area contributed by atoms with E-state index in [0.29, 0.717) is 24.7 Å². The van der Waals surface area contributed by atoms with Gasteiger partial charge in [0, 0.05) is 37.1 Å². The standard InChI is InChI=1S/C16H16N6O3/c23-16-14(22(24)25)15(18-13-3-1-2-8-21(13)16)20-9-5-11(6-10-20)12-4-7-17-19-12/h1-4,7-8,11H,5-6,9-10H2,(H,17,19). The number of aromatic nitrogens is 4. The van der Waals surface area contributed by atoms with E-state index in [2.05, 4.69) is 15.2 Å². The van der Waals surface area contributed by atoms with Crippen molar-refractivity contribution in [2.75, 3.05) is 18.0 Å². The van der Waals surface area contributed by atoms with Gasteiger partial charge >= 0.3 is 11.2 Å². The number of hydrogen-bond donors (Lipinski definition) is 1. The molecule has 25 heavy (non-hydrogen) atoms. The molecule has 128 valence electrons. The first-order valence-electron chi connectivity index (χ1n) is 8.05. The molecule has 1 aliphatic heterocycles. The molecule has 0 amide bonds. The lowest BCUT2D eigenvalue weighted by Crippen LogP contribution is -2.36. The minimum absolute atomic E-state index is 0.157. The summed E-state index contributed by atoms with van der Waals surface area (Å²) < 4.78 is 1.21. The van der Waals surface area contributed by atoms with Gasteiger partial charge in [0.2, 0.25) is 5.82 Å². The summed E-state index contributed by atoms with van der Waals surface area (Å²) in [5, 5.41) is 18.4. The van der Waals surface area contributed by atoms with Gasteiger partial charge in [-0.2, -0.15) is 5.10 Å². The Bertz CT molecular complexity index is 973. The molecule has 0 aromatic carbocycles. The number of H-pyrrole nitrogens is 1. The van der Waals surface area contributed by atoms with E-state index in [1.165, 1.54) is 10.6 Å². The van der Waals surface area contributed by atoms with Gasteiger partial charge in [-0.3, -0.25) is 24.4 Å². The van der Waals surface area contributed by atoms with Crippen LogP contribution in [0.15, 0.2) is 41.5 Å². The molecule has 4 rings (SSSR count). The van der Waals surface area contributed by atoms with Crippen molar-refractivity contribution in [3.05, 3.63) is 62.8 Å². The number of rotatable bonds is 3. The van der Waals surface area contributed by atoms with E-state index in [1.807, 2.05) is 11.0 Å². The molecule has 0 saturated carbocycles. The first kappa shape index (κ1) is 15.3. The minimum Gasteiger partial charge on any atom is -0.351 e. The third kappa shape index (κ3) is 2.63. The molecule has 1 saturated heterocycles. The molecule has 0 radical (unpaired) electrons. The van der Waals surface area contributed by atoms with Crippen LogP contribution < -0.4 is 10.5 Å². The summed E-state index contributed by atoms with van der Waals surface area (Å²) >= 11 is 0. The van der Waals surface area contributed by atoms with Gasteiger partial charge in [-0.25, -0.2) is 4.98 Å². The minimum atomic E-state index is -0.652. The molecular weight excluding hydrogens is 324 g/mol. The zero-order chi connectivity index (χ0) is 17.4. The van der Waals surface area contributed by atoms with Gasteiger partial charge in [0.25, 0.3) is 0 Å². The highest BCUT2D eigenvalue weighted by atomic mass is 16.6. The highest BCUT2D eigenvalue weighted by Gasteiger charge is 2.30. The van der Waals surface area contributed by atoms with Crippen LogP contribution in [-0.4, -0.2) is 37.6 Å². The Morgan fingerprint density at radius 3 is 2.72 bits per heavy atom. The maximum absolute atomic E-state index is 12.5. The number of nitro groups is 1. The van der Waals surface area contributed by atoms with Crippen molar-refractivity contribution in [3.63, 3.8) is 0 Å². The lowest BCUT2D eigenvalue weighted by Gasteiger charge is -2.31. The second-order valence-corrected chi connectivity index (χ2v) is 6.05. The van der Waals surface area contributed by atoms with Crippen molar-refractivity contribution in [1.82, 2.24) is 19.6 Å². The fourth-order valence-electron chi connectivity index (χ4n) is 3.34. The number of nitrogens with one attached hydrogen (secondary N) is 1. The lowest BCUT2D eigenvalue weighted by atomic mass is 9.93. The first-order chi connectivity index (χ1) is 12.1. The van der Waals surface area contributed by atoms with Gasteiger partial charge in [0.05, 0.1) is 4.92 Å². The maximum Gasteiger partial charge on any atom is 0.376 e. The molecule has 3 aromatic heterocycles. The number of nitrogens with zero attached hydrogens (tertiary/aromatic N) is 5. The Balaban J connectivity index is 1.71. The average Bonchev–Trinajstić information content (AvgIpc) is 3.16. The molecule has 0 unspecified atom stereocenters. The largest absolute Gasteiger partial charge is 0.376 e. The Morgan fingerprint density at radius 2 is 2.04 bits per heavy atom. The van der Waals surface area contributed by atoms with Crippen LogP contribution in [-0.2, 0) is 0 Å². The van der Waals surface area contributed by atoms with Gasteiger partial charge in [0.15, 0.2) is 0 Å². The average molecular weight is 340 g/mol.